The average Bonchev–Trinajstić information content (AvgIpc) is 3.08. The molecule has 1 atom stereocenters. The molecule has 0 N–H and O–H groups in total. The minimum Gasteiger partial charge on any atom is -0.467 e. The maximum atomic E-state index is 10.9. The first-order chi connectivity index (χ1) is 23.2. The molecule has 0 aromatic carbocycles. The van der Waals surface area contributed by atoms with Gasteiger partial charge in [0.1, 0.15) is 6.61 Å². The lowest BCUT2D eigenvalue weighted by atomic mass is 10.1. The molecule has 0 saturated heterocycles. The molecule has 0 aromatic rings. The van der Waals surface area contributed by atoms with Crippen LogP contribution in [0.3, 0.4) is 0 Å². The molecular formula is C32H64O15. The highest BCUT2D eigenvalue weighted by molar-refractivity contribution is 5.70. The van der Waals surface area contributed by atoms with Crippen LogP contribution in [-0.2, 0) is 71.1 Å². The van der Waals surface area contributed by atoms with E-state index in [1.54, 1.807) is 0 Å². The quantitative estimate of drug-likeness (QED) is 0.0674. The number of ether oxygens (including phenoxy) is 14. The highest BCUT2D eigenvalue weighted by Crippen LogP contribution is 2.00. The summed E-state index contributed by atoms with van der Waals surface area (Å²) in [6.07, 6.45) is 1.13. The van der Waals surface area contributed by atoms with E-state index in [-0.39, 0.29) is 6.61 Å². The molecule has 0 fully saturated rings. The first kappa shape index (κ1) is 46.0. The van der Waals surface area contributed by atoms with Crippen molar-refractivity contribution in [2.24, 2.45) is 5.92 Å². The Morgan fingerprint density at radius 1 is 0.383 bits per heavy atom. The molecule has 15 nitrogen and oxygen atoms in total. The van der Waals surface area contributed by atoms with Gasteiger partial charge in [0.2, 0.25) is 0 Å². The first-order valence-corrected chi connectivity index (χ1v) is 16.8. The zero-order valence-corrected chi connectivity index (χ0v) is 29.3. The Balaban J connectivity index is 3.06. The van der Waals surface area contributed by atoms with Crippen LogP contribution in [0.15, 0.2) is 0 Å². The Bertz CT molecular complexity index is 603. The van der Waals surface area contributed by atoms with Gasteiger partial charge in [-0.05, 0) is 5.92 Å². The van der Waals surface area contributed by atoms with Gasteiger partial charge in [-0.3, -0.25) is 0 Å². The van der Waals surface area contributed by atoms with Crippen molar-refractivity contribution in [2.45, 2.75) is 20.3 Å². The molecule has 0 aliphatic rings. The zero-order valence-electron chi connectivity index (χ0n) is 29.3. The third kappa shape index (κ3) is 41.0. The van der Waals surface area contributed by atoms with Crippen LogP contribution in [0.2, 0.25) is 0 Å². The van der Waals surface area contributed by atoms with E-state index in [4.69, 9.17) is 61.6 Å². The van der Waals surface area contributed by atoms with Crippen LogP contribution in [0.1, 0.15) is 20.3 Å². The molecule has 1 unspecified atom stereocenters. The Morgan fingerprint density at radius 2 is 0.596 bits per heavy atom. The summed E-state index contributed by atoms with van der Waals surface area (Å²) in [5.74, 6) is 0.186. The maximum Gasteiger partial charge on any atom is 0.331 e. The Morgan fingerprint density at radius 3 is 0.809 bits per heavy atom. The fourth-order valence-corrected chi connectivity index (χ4v) is 3.15. The summed E-state index contributed by atoms with van der Waals surface area (Å²) in [7, 11) is 1.32. The fraction of sp³-hybridized carbons (Fsp3) is 0.969. The molecule has 0 spiro atoms. The standard InChI is InChI=1S/C32H64O15/c1-4-31(2)29-46-27-25-44-23-21-42-19-17-40-15-13-38-11-9-36-7-5-35-6-8-37-10-12-39-14-16-41-18-20-43-22-24-45-26-28-47-30-32(33)34-3/h31H,4-30H2,1-3H3. The van der Waals surface area contributed by atoms with Crippen molar-refractivity contribution in [1.29, 1.82) is 0 Å². The third-order valence-corrected chi connectivity index (χ3v) is 6.01. The number of rotatable bonds is 41. The van der Waals surface area contributed by atoms with E-state index < -0.39 is 5.97 Å². The highest BCUT2D eigenvalue weighted by atomic mass is 16.6. The van der Waals surface area contributed by atoms with Gasteiger partial charge < -0.3 is 66.3 Å². The van der Waals surface area contributed by atoms with Crippen LogP contribution in [0, 0.1) is 5.92 Å². The topological polar surface area (TPSA) is 146 Å². The van der Waals surface area contributed by atoms with E-state index in [1.165, 1.54) is 7.11 Å². The van der Waals surface area contributed by atoms with Gasteiger partial charge in [0.05, 0.1) is 166 Å². The Kier molecular flexibility index (Phi) is 40.2. The fourth-order valence-electron chi connectivity index (χ4n) is 3.15. The van der Waals surface area contributed by atoms with Crippen molar-refractivity contribution in [3.05, 3.63) is 0 Å². The van der Waals surface area contributed by atoms with Gasteiger partial charge in [0.15, 0.2) is 0 Å². The number of methoxy groups -OCH3 is 1. The molecule has 0 rings (SSSR count). The monoisotopic (exact) mass is 688 g/mol. The summed E-state index contributed by atoms with van der Waals surface area (Å²) in [5, 5.41) is 0. The maximum absolute atomic E-state index is 10.9. The SMILES string of the molecule is CCC(C)COCCOCCOCCOCCOCCOCCOCCOCCOCCOCCOCCOCCOCC(=O)OC. The largest absolute Gasteiger partial charge is 0.467 e. The molecule has 15 heteroatoms. The summed E-state index contributed by atoms with van der Waals surface area (Å²) >= 11 is 0. The smallest absolute Gasteiger partial charge is 0.331 e. The molecule has 0 heterocycles. The minimum absolute atomic E-state index is 0.0707. The van der Waals surface area contributed by atoms with Gasteiger partial charge in [-0.25, -0.2) is 4.79 Å². The van der Waals surface area contributed by atoms with E-state index >= 15 is 0 Å². The lowest BCUT2D eigenvalue weighted by molar-refractivity contribution is -0.146. The lowest BCUT2D eigenvalue weighted by Crippen LogP contribution is -2.16. The highest BCUT2D eigenvalue weighted by Gasteiger charge is 2.00. The van der Waals surface area contributed by atoms with Gasteiger partial charge in [0.25, 0.3) is 0 Å². The number of esters is 1. The van der Waals surface area contributed by atoms with Crippen molar-refractivity contribution in [3.8, 4) is 0 Å². The van der Waals surface area contributed by atoms with Crippen molar-refractivity contribution < 1.29 is 71.1 Å². The molecule has 0 aliphatic heterocycles. The second-order valence-electron chi connectivity index (χ2n) is 9.95. The van der Waals surface area contributed by atoms with Crippen LogP contribution < -0.4 is 0 Å². The van der Waals surface area contributed by atoms with E-state index in [0.717, 1.165) is 13.0 Å². The average molecular weight is 689 g/mol. The molecule has 0 saturated carbocycles. The van der Waals surface area contributed by atoms with Gasteiger partial charge in [-0.15, -0.1) is 0 Å². The second kappa shape index (κ2) is 41.1. The third-order valence-electron chi connectivity index (χ3n) is 6.01. The zero-order chi connectivity index (χ0) is 34.1. The molecule has 0 aromatic heterocycles. The summed E-state index contributed by atoms with van der Waals surface area (Å²) in [4.78, 5) is 10.9. The van der Waals surface area contributed by atoms with E-state index in [0.29, 0.717) is 164 Å². The predicted molar refractivity (Wildman–Crippen MR) is 172 cm³/mol. The summed E-state index contributed by atoms with van der Waals surface area (Å²) in [6, 6.07) is 0. The number of hydrogen-bond acceptors (Lipinski definition) is 15. The molecule has 0 bridgehead atoms. The summed E-state index contributed by atoms with van der Waals surface area (Å²) < 4.78 is 75.0. The molecule has 0 radical (unpaired) electrons. The Hall–Kier alpha value is -1.05. The first-order valence-electron chi connectivity index (χ1n) is 16.8. The molecule has 0 aliphatic carbocycles. The van der Waals surface area contributed by atoms with Crippen molar-refractivity contribution in [1.82, 2.24) is 0 Å². The van der Waals surface area contributed by atoms with Crippen LogP contribution in [0.5, 0.6) is 0 Å². The predicted octanol–water partition coefficient (Wildman–Crippen LogP) is 1.42. The number of carbonyl (C=O) groups excluding carboxylic acids is 1. The van der Waals surface area contributed by atoms with Gasteiger partial charge in [-0.1, -0.05) is 20.3 Å². The van der Waals surface area contributed by atoms with E-state index in [1.807, 2.05) is 0 Å². The van der Waals surface area contributed by atoms with Crippen molar-refractivity contribution >= 4 is 5.97 Å². The van der Waals surface area contributed by atoms with Gasteiger partial charge >= 0.3 is 5.97 Å². The molecule has 0 amide bonds. The molecule has 282 valence electrons. The van der Waals surface area contributed by atoms with Crippen LogP contribution >= 0.6 is 0 Å². The lowest BCUT2D eigenvalue weighted by Gasteiger charge is -2.10. The second-order valence-corrected chi connectivity index (χ2v) is 9.95. The van der Waals surface area contributed by atoms with Gasteiger partial charge in [-0.2, -0.15) is 0 Å². The molecule has 47 heavy (non-hydrogen) atoms. The van der Waals surface area contributed by atoms with E-state index in [9.17, 15) is 4.79 Å². The number of hydrogen-bond donors (Lipinski definition) is 0. The van der Waals surface area contributed by atoms with Gasteiger partial charge in [0, 0.05) is 6.61 Å². The Labute approximate surface area is 282 Å². The van der Waals surface area contributed by atoms with Crippen molar-refractivity contribution in [3.63, 3.8) is 0 Å². The van der Waals surface area contributed by atoms with E-state index in [2.05, 4.69) is 18.6 Å². The van der Waals surface area contributed by atoms with Crippen LogP contribution in [-0.4, -0.2) is 185 Å². The van der Waals surface area contributed by atoms with Crippen LogP contribution in [0.25, 0.3) is 0 Å². The molecular weight excluding hydrogens is 624 g/mol. The van der Waals surface area contributed by atoms with Crippen LogP contribution in [0.4, 0.5) is 0 Å². The van der Waals surface area contributed by atoms with Crippen molar-refractivity contribution in [2.75, 3.05) is 179 Å². The minimum atomic E-state index is -0.408. The number of carbonyl (C=O) groups is 1. The summed E-state index contributed by atoms with van der Waals surface area (Å²) in [6.45, 7) is 17.0. The normalized spacial score (nSPS) is 12.1. The summed E-state index contributed by atoms with van der Waals surface area (Å²) in [5.41, 5.74) is 0.